The second-order valence-electron chi connectivity index (χ2n) is 6.47. The Morgan fingerprint density at radius 2 is 2.08 bits per heavy atom. The third-order valence-electron chi connectivity index (χ3n) is 4.68. The van der Waals surface area contributed by atoms with Crippen molar-refractivity contribution >= 4 is 21.5 Å². The number of aromatic nitrogens is 2. The van der Waals surface area contributed by atoms with Gasteiger partial charge in [0.15, 0.2) is 21.3 Å². The van der Waals surface area contributed by atoms with Gasteiger partial charge in [0.25, 0.3) is 0 Å². The Morgan fingerprint density at radius 1 is 1.23 bits per heavy atom. The van der Waals surface area contributed by atoms with Crippen molar-refractivity contribution in [1.29, 1.82) is 0 Å². The molecule has 1 aromatic carbocycles. The second kappa shape index (κ2) is 6.64. The van der Waals surface area contributed by atoms with Gasteiger partial charge < -0.3 is 19.7 Å². The molecule has 1 aromatic heterocycles. The molecule has 1 fully saturated rings. The minimum atomic E-state index is -2.93. The fraction of sp³-hybridized carbons (Fsp3) is 0.412. The molecule has 0 saturated carbocycles. The van der Waals surface area contributed by atoms with Crippen molar-refractivity contribution in [2.24, 2.45) is 0 Å². The molecule has 9 heteroatoms. The molecule has 2 aromatic rings. The number of sulfone groups is 1. The lowest BCUT2D eigenvalue weighted by atomic mass is 10.2. The van der Waals surface area contributed by atoms with Crippen LogP contribution in [-0.2, 0) is 16.4 Å². The maximum absolute atomic E-state index is 11.7. The lowest BCUT2D eigenvalue weighted by Crippen LogP contribution is -2.33. The molecule has 0 radical (unpaired) electrons. The zero-order valence-electron chi connectivity index (χ0n) is 14.4. The Labute approximate surface area is 152 Å². The molecule has 2 aliphatic rings. The van der Waals surface area contributed by atoms with Crippen LogP contribution in [0, 0.1) is 0 Å². The first-order chi connectivity index (χ1) is 12.5. The van der Waals surface area contributed by atoms with Gasteiger partial charge in [-0.25, -0.2) is 18.4 Å². The van der Waals surface area contributed by atoms with E-state index in [-0.39, 0.29) is 24.3 Å². The van der Waals surface area contributed by atoms with Crippen LogP contribution >= 0.6 is 0 Å². The first kappa shape index (κ1) is 16.9. The standard InChI is InChI=1S/C17H20N4O4S/c1-21(13-4-5-26(22,23)9-13)17-7-16(19-10-20-17)18-8-12-2-3-14-15(6-12)25-11-24-14/h2-3,6-7,10,13H,4-5,8-9,11H2,1H3,(H,18,19,20). The van der Waals surface area contributed by atoms with Gasteiger partial charge in [-0.2, -0.15) is 0 Å². The van der Waals surface area contributed by atoms with Crippen LogP contribution in [0.15, 0.2) is 30.6 Å². The molecule has 1 atom stereocenters. The van der Waals surface area contributed by atoms with Crippen LogP contribution in [0.25, 0.3) is 0 Å². The highest BCUT2D eigenvalue weighted by molar-refractivity contribution is 7.91. The van der Waals surface area contributed by atoms with Gasteiger partial charge in [0.05, 0.1) is 11.5 Å². The normalized spacial score (nSPS) is 20.1. The van der Waals surface area contributed by atoms with E-state index in [2.05, 4.69) is 15.3 Å². The summed E-state index contributed by atoms with van der Waals surface area (Å²) in [5, 5.41) is 3.26. The highest BCUT2D eigenvalue weighted by Gasteiger charge is 2.31. The Balaban J connectivity index is 1.43. The van der Waals surface area contributed by atoms with Crippen molar-refractivity contribution in [3.63, 3.8) is 0 Å². The van der Waals surface area contributed by atoms with Gasteiger partial charge in [-0.3, -0.25) is 0 Å². The molecular weight excluding hydrogens is 356 g/mol. The molecule has 26 heavy (non-hydrogen) atoms. The summed E-state index contributed by atoms with van der Waals surface area (Å²) in [5.41, 5.74) is 1.05. The monoisotopic (exact) mass is 376 g/mol. The SMILES string of the molecule is CN(c1cc(NCc2ccc3c(c2)OCO3)ncn1)C1CCS(=O)(=O)C1. The lowest BCUT2D eigenvalue weighted by Gasteiger charge is -2.24. The fourth-order valence-electron chi connectivity index (χ4n) is 3.15. The molecule has 4 rings (SSSR count). The highest BCUT2D eigenvalue weighted by atomic mass is 32.2. The number of fused-ring (bicyclic) bond motifs is 1. The molecule has 138 valence electrons. The average Bonchev–Trinajstić information content (AvgIpc) is 3.25. The summed E-state index contributed by atoms with van der Waals surface area (Å²) in [6, 6.07) is 7.58. The van der Waals surface area contributed by atoms with Crippen molar-refractivity contribution in [1.82, 2.24) is 9.97 Å². The van der Waals surface area contributed by atoms with E-state index in [1.54, 1.807) is 0 Å². The number of hydrogen-bond acceptors (Lipinski definition) is 8. The number of nitrogens with one attached hydrogen (secondary N) is 1. The maximum Gasteiger partial charge on any atom is 0.231 e. The third-order valence-corrected chi connectivity index (χ3v) is 6.43. The zero-order valence-corrected chi connectivity index (χ0v) is 15.2. The number of anilines is 2. The van der Waals surface area contributed by atoms with Gasteiger partial charge in [0, 0.05) is 25.7 Å². The van der Waals surface area contributed by atoms with E-state index in [4.69, 9.17) is 9.47 Å². The summed E-state index contributed by atoms with van der Waals surface area (Å²) < 4.78 is 34.1. The summed E-state index contributed by atoms with van der Waals surface area (Å²) in [6.45, 7) is 0.833. The van der Waals surface area contributed by atoms with E-state index in [9.17, 15) is 8.42 Å². The van der Waals surface area contributed by atoms with Gasteiger partial charge in [-0.1, -0.05) is 6.07 Å². The van der Waals surface area contributed by atoms with Crippen LogP contribution in [0.4, 0.5) is 11.6 Å². The summed E-state index contributed by atoms with van der Waals surface area (Å²) in [5.74, 6) is 3.30. The Hall–Kier alpha value is -2.55. The predicted molar refractivity (Wildman–Crippen MR) is 97.4 cm³/mol. The van der Waals surface area contributed by atoms with E-state index in [1.165, 1.54) is 6.33 Å². The molecule has 0 aliphatic carbocycles. The number of ether oxygens (including phenoxy) is 2. The summed E-state index contributed by atoms with van der Waals surface area (Å²) >= 11 is 0. The molecule has 0 bridgehead atoms. The topological polar surface area (TPSA) is 93.7 Å². The second-order valence-corrected chi connectivity index (χ2v) is 8.70. The maximum atomic E-state index is 11.7. The van der Waals surface area contributed by atoms with Crippen molar-refractivity contribution in [2.45, 2.75) is 19.0 Å². The van der Waals surface area contributed by atoms with E-state index < -0.39 is 9.84 Å². The smallest absolute Gasteiger partial charge is 0.231 e. The van der Waals surface area contributed by atoms with Gasteiger partial charge in [-0.05, 0) is 24.1 Å². The number of hydrogen-bond donors (Lipinski definition) is 1. The Morgan fingerprint density at radius 3 is 2.88 bits per heavy atom. The molecule has 0 spiro atoms. The van der Waals surface area contributed by atoms with Crippen LogP contribution < -0.4 is 19.7 Å². The third kappa shape index (κ3) is 3.52. The average molecular weight is 376 g/mol. The zero-order chi connectivity index (χ0) is 18.1. The molecule has 3 heterocycles. The molecule has 0 amide bonds. The first-order valence-electron chi connectivity index (χ1n) is 8.38. The highest BCUT2D eigenvalue weighted by Crippen LogP contribution is 2.32. The molecular formula is C17H20N4O4S. The van der Waals surface area contributed by atoms with Crippen molar-refractivity contribution in [2.75, 3.05) is 35.6 Å². The van der Waals surface area contributed by atoms with Crippen molar-refractivity contribution in [3.05, 3.63) is 36.2 Å². The van der Waals surface area contributed by atoms with Gasteiger partial charge >= 0.3 is 0 Å². The quantitative estimate of drug-likeness (QED) is 0.838. The van der Waals surface area contributed by atoms with E-state index in [0.29, 0.717) is 24.6 Å². The lowest BCUT2D eigenvalue weighted by molar-refractivity contribution is 0.174. The minimum absolute atomic E-state index is 0.0448. The number of nitrogens with zero attached hydrogens (tertiary/aromatic N) is 3. The summed E-state index contributed by atoms with van der Waals surface area (Å²) in [6.07, 6.45) is 2.11. The van der Waals surface area contributed by atoms with Crippen LogP contribution in [0.1, 0.15) is 12.0 Å². The van der Waals surface area contributed by atoms with Gasteiger partial charge in [0.1, 0.15) is 18.0 Å². The van der Waals surface area contributed by atoms with E-state index in [1.807, 2.05) is 36.2 Å². The Kier molecular flexibility index (Phi) is 4.31. The summed E-state index contributed by atoms with van der Waals surface area (Å²) in [4.78, 5) is 10.4. The molecule has 8 nitrogen and oxygen atoms in total. The largest absolute Gasteiger partial charge is 0.454 e. The predicted octanol–water partition coefficient (Wildman–Crippen LogP) is 1.44. The van der Waals surface area contributed by atoms with Crippen LogP contribution in [0.5, 0.6) is 11.5 Å². The first-order valence-corrected chi connectivity index (χ1v) is 10.2. The summed E-state index contributed by atoms with van der Waals surface area (Å²) in [7, 11) is -1.06. The van der Waals surface area contributed by atoms with E-state index >= 15 is 0 Å². The van der Waals surface area contributed by atoms with Crippen LogP contribution in [0.2, 0.25) is 0 Å². The van der Waals surface area contributed by atoms with Gasteiger partial charge in [0.2, 0.25) is 6.79 Å². The van der Waals surface area contributed by atoms with Crippen molar-refractivity contribution < 1.29 is 17.9 Å². The minimum Gasteiger partial charge on any atom is -0.454 e. The number of rotatable bonds is 5. The van der Waals surface area contributed by atoms with Gasteiger partial charge in [-0.15, -0.1) is 0 Å². The van der Waals surface area contributed by atoms with Crippen molar-refractivity contribution in [3.8, 4) is 11.5 Å². The Bertz CT molecular complexity index is 919. The fourth-order valence-corrected chi connectivity index (χ4v) is 4.92. The molecule has 1 unspecified atom stereocenters. The van der Waals surface area contributed by atoms with Crippen LogP contribution in [0.3, 0.4) is 0 Å². The molecule has 1 N–H and O–H groups in total. The number of benzene rings is 1. The van der Waals surface area contributed by atoms with Crippen LogP contribution in [-0.4, -0.2) is 49.8 Å². The molecule has 1 saturated heterocycles. The molecule has 2 aliphatic heterocycles. The van der Waals surface area contributed by atoms with E-state index in [0.717, 1.165) is 17.1 Å².